The molecule has 0 radical (unpaired) electrons. The fourth-order valence-corrected chi connectivity index (χ4v) is 3.33. The smallest absolute Gasteiger partial charge is 0.253 e. The van der Waals surface area contributed by atoms with Gasteiger partial charge < -0.3 is 11.1 Å². The summed E-state index contributed by atoms with van der Waals surface area (Å²) in [6.07, 6.45) is 1.99. The number of anilines is 1. The number of para-hydroxylation sites is 1. The second-order valence-electron chi connectivity index (χ2n) is 7.11. The van der Waals surface area contributed by atoms with Crippen LogP contribution in [0.15, 0.2) is 90.1 Å². The van der Waals surface area contributed by atoms with Gasteiger partial charge in [0.1, 0.15) is 0 Å². The molecule has 3 rings (SSSR count). The van der Waals surface area contributed by atoms with E-state index in [1.165, 1.54) is 0 Å². The molecule has 0 spiro atoms. The van der Waals surface area contributed by atoms with Crippen molar-refractivity contribution in [3.8, 4) is 17.2 Å². The topological polar surface area (TPSA) is 78.9 Å². The van der Waals surface area contributed by atoms with E-state index in [-0.39, 0.29) is 5.91 Å². The summed E-state index contributed by atoms with van der Waals surface area (Å²) in [5.74, 6) is -0.175. The quantitative estimate of drug-likeness (QED) is 0.524. The minimum absolute atomic E-state index is 0.175. The maximum atomic E-state index is 12.9. The first-order valence-corrected chi connectivity index (χ1v) is 10.0. The third-order valence-corrected chi connectivity index (χ3v) is 4.91. The number of nitrogens with two attached hydrogens (primary N) is 1. The molecule has 3 N–H and O–H groups in total. The van der Waals surface area contributed by atoms with Crippen LogP contribution in [0.1, 0.15) is 30.9 Å². The van der Waals surface area contributed by atoms with Crippen molar-refractivity contribution in [1.82, 2.24) is 0 Å². The van der Waals surface area contributed by atoms with E-state index in [0.29, 0.717) is 29.7 Å². The number of carbonyl (C=O) groups excluding carboxylic acids is 1. The van der Waals surface area contributed by atoms with E-state index in [4.69, 9.17) is 5.73 Å². The van der Waals surface area contributed by atoms with Crippen molar-refractivity contribution in [2.75, 3.05) is 5.32 Å². The summed E-state index contributed by atoms with van der Waals surface area (Å²) in [6.45, 7) is 2.04. The van der Waals surface area contributed by atoms with E-state index in [2.05, 4.69) is 11.4 Å². The molecule has 4 heteroatoms. The van der Waals surface area contributed by atoms with Crippen LogP contribution in [-0.2, 0) is 11.2 Å². The van der Waals surface area contributed by atoms with Gasteiger partial charge in [-0.25, -0.2) is 0 Å². The number of hydrogen-bond acceptors (Lipinski definition) is 3. The highest BCUT2D eigenvalue weighted by atomic mass is 16.1. The predicted octanol–water partition coefficient (Wildman–Crippen LogP) is 5.42. The molecule has 150 valence electrons. The zero-order valence-electron chi connectivity index (χ0n) is 17.1. The summed E-state index contributed by atoms with van der Waals surface area (Å²) < 4.78 is 0. The second kappa shape index (κ2) is 10.1. The summed E-state index contributed by atoms with van der Waals surface area (Å²) in [4.78, 5) is 12.9. The number of hydrogen-bond donors (Lipinski definition) is 2. The number of nitrogens with one attached hydrogen (secondary N) is 1. The standard InChI is InChI=1S/C26H25N3O/c1-2-8-25(28)24(26(30)29-22-10-4-3-5-11-22)17-19-13-15-20(16-14-19)23-12-7-6-9-21(23)18-27/h3-7,9-16H,2,8,17,28H2,1H3,(H,29,30)/b25-24-. The molecule has 3 aromatic rings. The molecule has 0 aromatic heterocycles. The number of benzene rings is 3. The summed E-state index contributed by atoms with van der Waals surface area (Å²) in [5.41, 5.74) is 11.7. The first-order valence-electron chi connectivity index (χ1n) is 10.0. The average Bonchev–Trinajstić information content (AvgIpc) is 2.78. The molecule has 30 heavy (non-hydrogen) atoms. The molecule has 3 aromatic carbocycles. The molecule has 0 unspecified atom stereocenters. The molecule has 0 aliphatic heterocycles. The van der Waals surface area contributed by atoms with Crippen molar-refractivity contribution in [2.45, 2.75) is 26.2 Å². The lowest BCUT2D eigenvalue weighted by atomic mass is 9.96. The molecule has 0 fully saturated rings. The maximum absolute atomic E-state index is 12.9. The number of rotatable bonds is 7. The Kier molecular flexibility index (Phi) is 7.02. The molecule has 0 saturated carbocycles. The molecular formula is C26H25N3O. The Bertz CT molecular complexity index is 1080. The Balaban J connectivity index is 1.83. The molecule has 0 bridgehead atoms. The third kappa shape index (κ3) is 5.15. The van der Waals surface area contributed by atoms with E-state index in [1.54, 1.807) is 0 Å². The van der Waals surface area contributed by atoms with Crippen LogP contribution in [-0.4, -0.2) is 5.91 Å². The summed E-state index contributed by atoms with van der Waals surface area (Å²) >= 11 is 0. The van der Waals surface area contributed by atoms with Crippen LogP contribution >= 0.6 is 0 Å². The SMILES string of the molecule is CCC/C(N)=C(\Cc1ccc(-c2ccccc2C#N)cc1)C(=O)Nc1ccccc1. The fourth-order valence-electron chi connectivity index (χ4n) is 3.33. The van der Waals surface area contributed by atoms with Crippen molar-refractivity contribution >= 4 is 11.6 Å². The lowest BCUT2D eigenvalue weighted by molar-refractivity contribution is -0.113. The average molecular weight is 396 g/mol. The summed E-state index contributed by atoms with van der Waals surface area (Å²) in [5, 5.41) is 12.3. The molecule has 0 aliphatic carbocycles. The van der Waals surface area contributed by atoms with Crippen LogP contribution in [0.3, 0.4) is 0 Å². The van der Waals surface area contributed by atoms with Gasteiger partial charge in [-0.3, -0.25) is 4.79 Å². The first kappa shape index (κ1) is 20.9. The van der Waals surface area contributed by atoms with Gasteiger partial charge in [0.2, 0.25) is 0 Å². The highest BCUT2D eigenvalue weighted by molar-refractivity contribution is 6.04. The van der Waals surface area contributed by atoms with E-state index in [0.717, 1.165) is 28.8 Å². The molecule has 1 amide bonds. The Morgan fingerprint density at radius 1 is 0.967 bits per heavy atom. The van der Waals surface area contributed by atoms with Crippen molar-refractivity contribution in [3.63, 3.8) is 0 Å². The molecule has 0 aliphatic rings. The van der Waals surface area contributed by atoms with Crippen LogP contribution in [0.25, 0.3) is 11.1 Å². The number of nitriles is 1. The van der Waals surface area contributed by atoms with Gasteiger partial charge in [-0.2, -0.15) is 5.26 Å². The fraction of sp³-hybridized carbons (Fsp3) is 0.154. The number of amides is 1. The minimum atomic E-state index is -0.175. The lowest BCUT2D eigenvalue weighted by Gasteiger charge is -2.13. The van der Waals surface area contributed by atoms with Crippen molar-refractivity contribution < 1.29 is 4.79 Å². The van der Waals surface area contributed by atoms with Gasteiger partial charge in [-0.15, -0.1) is 0 Å². The van der Waals surface area contributed by atoms with Gasteiger partial charge in [0.05, 0.1) is 11.6 Å². The zero-order valence-corrected chi connectivity index (χ0v) is 17.1. The Morgan fingerprint density at radius 3 is 2.30 bits per heavy atom. The zero-order chi connectivity index (χ0) is 21.3. The van der Waals surface area contributed by atoms with E-state index in [9.17, 15) is 10.1 Å². The molecular weight excluding hydrogens is 370 g/mol. The van der Waals surface area contributed by atoms with Crippen molar-refractivity contribution in [3.05, 3.63) is 101 Å². The molecule has 0 atom stereocenters. The van der Waals surface area contributed by atoms with Crippen LogP contribution in [0.5, 0.6) is 0 Å². The van der Waals surface area contributed by atoms with Gasteiger partial charge in [-0.1, -0.05) is 74.0 Å². The number of nitrogens with zero attached hydrogens (tertiary/aromatic N) is 1. The highest BCUT2D eigenvalue weighted by Gasteiger charge is 2.15. The molecule has 4 nitrogen and oxygen atoms in total. The molecule has 0 heterocycles. The van der Waals surface area contributed by atoms with Gasteiger partial charge in [0.25, 0.3) is 5.91 Å². The number of carbonyl (C=O) groups is 1. The van der Waals surface area contributed by atoms with E-state index in [1.807, 2.05) is 85.8 Å². The van der Waals surface area contributed by atoms with Crippen LogP contribution in [0.2, 0.25) is 0 Å². The van der Waals surface area contributed by atoms with Gasteiger partial charge >= 0.3 is 0 Å². The monoisotopic (exact) mass is 395 g/mol. The largest absolute Gasteiger partial charge is 0.402 e. The van der Waals surface area contributed by atoms with Crippen molar-refractivity contribution in [1.29, 1.82) is 5.26 Å². The molecule has 0 saturated heterocycles. The van der Waals surface area contributed by atoms with E-state index < -0.39 is 0 Å². The normalized spacial score (nSPS) is 11.3. The minimum Gasteiger partial charge on any atom is -0.402 e. The van der Waals surface area contributed by atoms with Gasteiger partial charge in [-0.05, 0) is 41.3 Å². The van der Waals surface area contributed by atoms with Gasteiger partial charge in [0, 0.05) is 23.4 Å². The summed E-state index contributed by atoms with van der Waals surface area (Å²) in [6, 6.07) is 27.1. The van der Waals surface area contributed by atoms with Crippen LogP contribution < -0.4 is 11.1 Å². The lowest BCUT2D eigenvalue weighted by Crippen LogP contribution is -2.20. The first-order chi connectivity index (χ1) is 14.6. The highest BCUT2D eigenvalue weighted by Crippen LogP contribution is 2.25. The maximum Gasteiger partial charge on any atom is 0.253 e. The predicted molar refractivity (Wildman–Crippen MR) is 121 cm³/mol. The summed E-state index contributed by atoms with van der Waals surface area (Å²) in [7, 11) is 0. The Labute approximate surface area is 177 Å². The third-order valence-electron chi connectivity index (χ3n) is 4.91. The van der Waals surface area contributed by atoms with Crippen LogP contribution in [0.4, 0.5) is 5.69 Å². The van der Waals surface area contributed by atoms with E-state index >= 15 is 0 Å². The second-order valence-corrected chi connectivity index (χ2v) is 7.11. The Morgan fingerprint density at radius 2 is 1.63 bits per heavy atom. The Hall–Kier alpha value is -3.84. The van der Waals surface area contributed by atoms with Crippen LogP contribution in [0, 0.1) is 11.3 Å². The van der Waals surface area contributed by atoms with Crippen molar-refractivity contribution in [2.24, 2.45) is 5.73 Å². The number of allylic oxidation sites excluding steroid dienone is 1. The van der Waals surface area contributed by atoms with Gasteiger partial charge in [0.15, 0.2) is 0 Å².